The molecule has 0 fully saturated rings. The van der Waals surface area contributed by atoms with Gasteiger partial charge in [-0.25, -0.2) is 9.78 Å². The van der Waals surface area contributed by atoms with Gasteiger partial charge in [-0.2, -0.15) is 0 Å². The predicted molar refractivity (Wildman–Crippen MR) is 68.6 cm³/mol. The third-order valence-corrected chi connectivity index (χ3v) is 2.61. The second kappa shape index (κ2) is 5.05. The summed E-state index contributed by atoms with van der Waals surface area (Å²) < 4.78 is 2.78. The minimum atomic E-state index is -0.406. The number of nitrogens with zero attached hydrogens (tertiary/aromatic N) is 3. The molecule has 6 nitrogen and oxygen atoms in total. The highest BCUT2D eigenvalue weighted by atomic mass is 35.5. The summed E-state index contributed by atoms with van der Waals surface area (Å²) in [5.41, 5.74) is 5.50. The molecule has 2 heterocycles. The number of hydrogen-bond acceptors (Lipinski definition) is 4. The summed E-state index contributed by atoms with van der Waals surface area (Å²) in [5.74, 6) is 0. The van der Waals surface area contributed by atoms with Crippen LogP contribution < -0.4 is 17.0 Å². The normalized spacial score (nSPS) is 10.5. The van der Waals surface area contributed by atoms with E-state index < -0.39 is 5.69 Å². The fraction of sp³-hybridized carbons (Fsp3) is 0.182. The molecule has 94 valence electrons. The number of aromatic nitrogens is 3. The molecule has 0 aliphatic carbocycles. The molecule has 7 heteroatoms. The highest BCUT2D eigenvalue weighted by molar-refractivity contribution is 6.30. The molecule has 0 atom stereocenters. The molecule has 0 amide bonds. The molecule has 0 saturated carbocycles. The van der Waals surface area contributed by atoms with Crippen molar-refractivity contribution >= 4 is 17.3 Å². The van der Waals surface area contributed by atoms with E-state index in [0.29, 0.717) is 23.8 Å². The van der Waals surface area contributed by atoms with Crippen molar-refractivity contribution in [2.24, 2.45) is 0 Å². The number of pyridine rings is 1. The Hall–Kier alpha value is -2.08. The van der Waals surface area contributed by atoms with Crippen LogP contribution in [0.5, 0.6) is 0 Å². The van der Waals surface area contributed by atoms with Crippen molar-refractivity contribution in [1.82, 2.24) is 14.1 Å². The summed E-state index contributed by atoms with van der Waals surface area (Å²) in [5, 5.41) is 0.370. The Morgan fingerprint density at radius 3 is 2.67 bits per heavy atom. The SMILES string of the molecule is Nc1ccc(=O)n(CCn2cc(Cl)cnc2=O)c1. The third kappa shape index (κ3) is 2.78. The lowest BCUT2D eigenvalue weighted by Crippen LogP contribution is -2.27. The van der Waals surface area contributed by atoms with Crippen LogP contribution in [0.15, 0.2) is 40.3 Å². The molecule has 0 aliphatic heterocycles. The lowest BCUT2D eigenvalue weighted by molar-refractivity contribution is 0.545. The van der Waals surface area contributed by atoms with E-state index in [1.165, 1.54) is 39.9 Å². The van der Waals surface area contributed by atoms with E-state index in [-0.39, 0.29) is 5.56 Å². The fourth-order valence-corrected chi connectivity index (χ4v) is 1.70. The fourth-order valence-electron chi connectivity index (χ4n) is 1.53. The van der Waals surface area contributed by atoms with E-state index in [1.807, 2.05) is 0 Å². The first-order valence-electron chi connectivity index (χ1n) is 5.24. The molecule has 2 aromatic rings. The average Bonchev–Trinajstić information content (AvgIpc) is 2.34. The Bertz CT molecular complexity index is 618. The minimum Gasteiger partial charge on any atom is -0.398 e. The summed E-state index contributed by atoms with van der Waals surface area (Å²) in [6.07, 6.45) is 4.30. The quantitative estimate of drug-likeness (QED) is 0.868. The number of hydrogen-bond donors (Lipinski definition) is 1. The van der Waals surface area contributed by atoms with Crippen molar-refractivity contribution in [2.45, 2.75) is 13.1 Å². The van der Waals surface area contributed by atoms with Gasteiger partial charge in [-0.05, 0) is 6.07 Å². The molecule has 2 N–H and O–H groups in total. The van der Waals surface area contributed by atoms with E-state index in [1.54, 1.807) is 0 Å². The Morgan fingerprint density at radius 1 is 1.17 bits per heavy atom. The third-order valence-electron chi connectivity index (χ3n) is 2.41. The maximum absolute atomic E-state index is 11.5. The first kappa shape index (κ1) is 12.4. The molecule has 2 aromatic heterocycles. The van der Waals surface area contributed by atoms with Crippen LogP contribution in [-0.2, 0) is 13.1 Å². The summed E-state index contributed by atoms with van der Waals surface area (Å²) in [4.78, 5) is 26.5. The molecule has 0 aromatic carbocycles. The van der Waals surface area contributed by atoms with Crippen LogP contribution in [0.3, 0.4) is 0 Å². The van der Waals surface area contributed by atoms with E-state index in [0.717, 1.165) is 0 Å². The van der Waals surface area contributed by atoms with Crippen LogP contribution in [0, 0.1) is 0 Å². The first-order valence-corrected chi connectivity index (χ1v) is 5.62. The lowest BCUT2D eigenvalue weighted by atomic mass is 10.4. The van der Waals surface area contributed by atoms with Gasteiger partial charge < -0.3 is 10.3 Å². The molecule has 0 bridgehead atoms. The summed E-state index contributed by atoms with van der Waals surface area (Å²) in [6.45, 7) is 0.627. The maximum atomic E-state index is 11.5. The van der Waals surface area contributed by atoms with Crippen molar-refractivity contribution in [3.8, 4) is 0 Å². The van der Waals surface area contributed by atoms with Crippen molar-refractivity contribution < 1.29 is 0 Å². The summed E-state index contributed by atoms with van der Waals surface area (Å²) >= 11 is 5.74. The van der Waals surface area contributed by atoms with Gasteiger partial charge in [0.2, 0.25) is 0 Å². The zero-order chi connectivity index (χ0) is 13.1. The Morgan fingerprint density at radius 2 is 1.89 bits per heavy atom. The molecular formula is C11H11ClN4O2. The molecule has 18 heavy (non-hydrogen) atoms. The number of nitrogen functional groups attached to an aromatic ring is 1. The van der Waals surface area contributed by atoms with Gasteiger partial charge in [-0.1, -0.05) is 11.6 Å². The summed E-state index contributed by atoms with van der Waals surface area (Å²) in [6, 6.07) is 2.92. The van der Waals surface area contributed by atoms with E-state index in [4.69, 9.17) is 17.3 Å². The zero-order valence-corrected chi connectivity index (χ0v) is 10.2. The van der Waals surface area contributed by atoms with Gasteiger partial charge in [0.1, 0.15) is 0 Å². The second-order valence-electron chi connectivity index (χ2n) is 3.74. The first-order chi connectivity index (χ1) is 8.56. The standard InChI is InChI=1S/C11H11ClN4O2/c12-8-5-14-11(18)16(6-8)4-3-15-7-9(13)1-2-10(15)17/h1-2,5-7H,3-4,13H2. The topological polar surface area (TPSA) is 82.9 Å². The Balaban J connectivity index is 2.21. The van der Waals surface area contributed by atoms with Crippen molar-refractivity contribution in [3.05, 3.63) is 56.6 Å². The van der Waals surface area contributed by atoms with Crippen molar-refractivity contribution in [3.63, 3.8) is 0 Å². The lowest BCUT2D eigenvalue weighted by Gasteiger charge is -2.08. The number of rotatable bonds is 3. The van der Waals surface area contributed by atoms with Crippen LogP contribution in [0.2, 0.25) is 5.02 Å². The molecular weight excluding hydrogens is 256 g/mol. The number of nitrogens with two attached hydrogens (primary N) is 1. The van der Waals surface area contributed by atoms with Gasteiger partial charge in [-0.3, -0.25) is 9.36 Å². The highest BCUT2D eigenvalue weighted by Crippen LogP contribution is 2.02. The molecule has 0 aliphatic rings. The monoisotopic (exact) mass is 266 g/mol. The van der Waals surface area contributed by atoms with Crippen LogP contribution in [-0.4, -0.2) is 14.1 Å². The highest BCUT2D eigenvalue weighted by Gasteiger charge is 2.01. The number of anilines is 1. The second-order valence-corrected chi connectivity index (χ2v) is 4.18. The Labute approximate surface area is 107 Å². The molecule has 0 unspecified atom stereocenters. The molecule has 0 spiro atoms. The average molecular weight is 267 g/mol. The van der Waals surface area contributed by atoms with Gasteiger partial charge in [0.25, 0.3) is 5.56 Å². The van der Waals surface area contributed by atoms with E-state index >= 15 is 0 Å². The predicted octanol–water partition coefficient (Wildman–Crippen LogP) is 0.341. The van der Waals surface area contributed by atoms with Gasteiger partial charge in [0.05, 0.1) is 11.2 Å². The van der Waals surface area contributed by atoms with Gasteiger partial charge in [0.15, 0.2) is 0 Å². The van der Waals surface area contributed by atoms with Gasteiger partial charge in [-0.15, -0.1) is 0 Å². The smallest absolute Gasteiger partial charge is 0.347 e. The zero-order valence-electron chi connectivity index (χ0n) is 9.41. The van der Waals surface area contributed by atoms with Crippen LogP contribution in [0.25, 0.3) is 0 Å². The van der Waals surface area contributed by atoms with Crippen molar-refractivity contribution in [1.29, 1.82) is 0 Å². The Kier molecular flexibility index (Phi) is 3.47. The maximum Gasteiger partial charge on any atom is 0.347 e. The van der Waals surface area contributed by atoms with Crippen LogP contribution in [0.4, 0.5) is 5.69 Å². The van der Waals surface area contributed by atoms with Crippen LogP contribution >= 0.6 is 11.6 Å². The molecule has 2 rings (SSSR count). The van der Waals surface area contributed by atoms with Crippen molar-refractivity contribution in [2.75, 3.05) is 5.73 Å². The summed E-state index contributed by atoms with van der Waals surface area (Å²) in [7, 11) is 0. The minimum absolute atomic E-state index is 0.174. The van der Waals surface area contributed by atoms with Gasteiger partial charge >= 0.3 is 5.69 Å². The number of aryl methyl sites for hydroxylation is 2. The van der Waals surface area contributed by atoms with E-state index in [2.05, 4.69) is 4.98 Å². The van der Waals surface area contributed by atoms with Gasteiger partial charge in [0, 0.05) is 37.2 Å². The molecule has 0 saturated heterocycles. The van der Waals surface area contributed by atoms with Crippen LogP contribution in [0.1, 0.15) is 0 Å². The largest absolute Gasteiger partial charge is 0.398 e. The number of halogens is 1. The molecule has 0 radical (unpaired) electrons. The van der Waals surface area contributed by atoms with E-state index in [9.17, 15) is 9.59 Å².